The van der Waals surface area contributed by atoms with Gasteiger partial charge in [0.2, 0.25) is 5.91 Å². The first-order valence-corrected chi connectivity index (χ1v) is 8.30. The Hall–Kier alpha value is -1.89. The molecule has 128 valence electrons. The smallest absolute Gasteiger partial charge is 0.226 e. The first kappa shape index (κ1) is 17.0. The number of benzene rings is 1. The average molecular weight is 350 g/mol. The molecule has 0 unspecified atom stereocenters. The van der Waals surface area contributed by atoms with Crippen LogP contribution in [0.2, 0.25) is 5.02 Å². The average Bonchev–Trinajstić information content (AvgIpc) is 2.99. The van der Waals surface area contributed by atoms with Gasteiger partial charge in [-0.05, 0) is 24.6 Å². The molecule has 1 fully saturated rings. The molecule has 6 nitrogen and oxygen atoms in total. The third-order valence-corrected chi connectivity index (χ3v) is 4.19. The van der Waals surface area contributed by atoms with Crippen LogP contribution in [0.4, 0.5) is 5.82 Å². The lowest BCUT2D eigenvalue weighted by Crippen LogP contribution is -2.39. The number of nitrogens with one attached hydrogen (secondary N) is 1. The second kappa shape index (κ2) is 7.79. The summed E-state index contributed by atoms with van der Waals surface area (Å²) in [6.45, 7) is 4.69. The summed E-state index contributed by atoms with van der Waals surface area (Å²) in [5.74, 6) is 1.06. The SMILES string of the molecule is Cc1cc(NC(=O)CCN2CCO[C@@H](c3ccc(Cl)cc3)C2)no1. The highest BCUT2D eigenvalue weighted by Crippen LogP contribution is 2.23. The van der Waals surface area contributed by atoms with E-state index in [4.69, 9.17) is 20.9 Å². The highest BCUT2D eigenvalue weighted by atomic mass is 35.5. The van der Waals surface area contributed by atoms with Crippen molar-refractivity contribution in [1.29, 1.82) is 0 Å². The number of ether oxygens (including phenoxy) is 1. The Morgan fingerprint density at radius 2 is 2.21 bits per heavy atom. The van der Waals surface area contributed by atoms with Crippen molar-refractivity contribution >= 4 is 23.3 Å². The summed E-state index contributed by atoms with van der Waals surface area (Å²) in [6.07, 6.45) is 0.413. The minimum atomic E-state index is -0.0714. The first-order chi connectivity index (χ1) is 11.6. The Bertz CT molecular complexity index is 687. The van der Waals surface area contributed by atoms with E-state index in [1.807, 2.05) is 24.3 Å². The van der Waals surface area contributed by atoms with Gasteiger partial charge in [-0.15, -0.1) is 0 Å². The summed E-state index contributed by atoms with van der Waals surface area (Å²) < 4.78 is 10.8. The van der Waals surface area contributed by atoms with Crippen LogP contribution in [-0.2, 0) is 9.53 Å². The summed E-state index contributed by atoms with van der Waals surface area (Å²) in [7, 11) is 0. The van der Waals surface area contributed by atoms with Crippen molar-refractivity contribution in [1.82, 2.24) is 10.1 Å². The van der Waals surface area contributed by atoms with Crippen molar-refractivity contribution in [2.75, 3.05) is 31.6 Å². The predicted molar refractivity (Wildman–Crippen MR) is 91.1 cm³/mol. The molecule has 7 heteroatoms. The molecule has 1 aliphatic heterocycles. The van der Waals surface area contributed by atoms with E-state index in [1.165, 1.54) is 0 Å². The van der Waals surface area contributed by atoms with Crippen LogP contribution in [-0.4, -0.2) is 42.2 Å². The predicted octanol–water partition coefficient (Wildman–Crippen LogP) is 3.04. The molecule has 0 radical (unpaired) electrons. The van der Waals surface area contributed by atoms with Gasteiger partial charge < -0.3 is 14.6 Å². The van der Waals surface area contributed by atoms with E-state index < -0.39 is 0 Å². The first-order valence-electron chi connectivity index (χ1n) is 7.93. The summed E-state index contributed by atoms with van der Waals surface area (Å²) in [5.41, 5.74) is 1.10. The molecule has 2 aromatic rings. The fourth-order valence-electron chi connectivity index (χ4n) is 2.68. The van der Waals surface area contributed by atoms with Crippen molar-refractivity contribution in [2.24, 2.45) is 0 Å². The maximum atomic E-state index is 12.0. The van der Waals surface area contributed by atoms with Gasteiger partial charge in [-0.3, -0.25) is 9.69 Å². The van der Waals surface area contributed by atoms with Crippen LogP contribution in [0.1, 0.15) is 23.8 Å². The number of aryl methyl sites for hydroxylation is 1. The monoisotopic (exact) mass is 349 g/mol. The number of nitrogens with zero attached hydrogens (tertiary/aromatic N) is 2. The van der Waals surface area contributed by atoms with Crippen LogP contribution in [0.15, 0.2) is 34.9 Å². The molecule has 3 rings (SSSR count). The zero-order chi connectivity index (χ0) is 16.9. The summed E-state index contributed by atoms with van der Waals surface area (Å²) in [4.78, 5) is 14.2. The largest absolute Gasteiger partial charge is 0.371 e. The fraction of sp³-hybridized carbons (Fsp3) is 0.412. The van der Waals surface area contributed by atoms with Gasteiger partial charge in [-0.25, -0.2) is 0 Å². The highest BCUT2D eigenvalue weighted by molar-refractivity contribution is 6.30. The molecule has 1 saturated heterocycles. The number of carbonyl (C=O) groups is 1. The number of halogens is 1. The van der Waals surface area contributed by atoms with Gasteiger partial charge in [0.05, 0.1) is 12.7 Å². The minimum Gasteiger partial charge on any atom is -0.371 e. The Morgan fingerprint density at radius 1 is 1.42 bits per heavy atom. The second-order valence-electron chi connectivity index (χ2n) is 5.83. The van der Waals surface area contributed by atoms with E-state index in [0.29, 0.717) is 36.2 Å². The standard InChI is InChI=1S/C17H20ClN3O3/c1-12-10-16(20-24-12)19-17(22)6-7-21-8-9-23-15(11-21)13-2-4-14(18)5-3-13/h2-5,10,15H,6-9,11H2,1H3,(H,19,20,22)/t15-/m1/s1. The van der Waals surface area contributed by atoms with E-state index in [0.717, 1.165) is 18.7 Å². The van der Waals surface area contributed by atoms with Crippen LogP contribution in [0, 0.1) is 6.92 Å². The lowest BCUT2D eigenvalue weighted by Gasteiger charge is -2.33. The molecule has 24 heavy (non-hydrogen) atoms. The molecule has 1 N–H and O–H groups in total. The van der Waals surface area contributed by atoms with Crippen molar-refractivity contribution in [3.8, 4) is 0 Å². The van der Waals surface area contributed by atoms with Crippen LogP contribution in [0.25, 0.3) is 0 Å². The van der Waals surface area contributed by atoms with Crippen LogP contribution < -0.4 is 5.32 Å². The van der Waals surface area contributed by atoms with E-state index >= 15 is 0 Å². The third kappa shape index (κ3) is 4.56. The lowest BCUT2D eigenvalue weighted by molar-refractivity contribution is -0.117. The minimum absolute atomic E-state index is 0.0114. The van der Waals surface area contributed by atoms with Crippen molar-refractivity contribution in [3.05, 3.63) is 46.7 Å². The molecule has 2 heterocycles. The molecule has 1 aromatic heterocycles. The highest BCUT2D eigenvalue weighted by Gasteiger charge is 2.22. The van der Waals surface area contributed by atoms with Crippen molar-refractivity contribution in [2.45, 2.75) is 19.4 Å². The molecule has 1 atom stereocenters. The van der Waals surface area contributed by atoms with Crippen molar-refractivity contribution in [3.63, 3.8) is 0 Å². The number of morpholine rings is 1. The fourth-order valence-corrected chi connectivity index (χ4v) is 2.80. The van der Waals surface area contributed by atoms with E-state index in [9.17, 15) is 4.79 Å². The van der Waals surface area contributed by atoms with Crippen LogP contribution >= 0.6 is 11.6 Å². The number of aromatic nitrogens is 1. The normalized spacial score (nSPS) is 18.5. The Balaban J connectivity index is 1.48. The van der Waals surface area contributed by atoms with E-state index in [1.54, 1.807) is 13.0 Å². The summed E-state index contributed by atoms with van der Waals surface area (Å²) in [5, 5.41) is 7.21. The van der Waals surface area contributed by atoms with Crippen LogP contribution in [0.3, 0.4) is 0 Å². The number of amides is 1. The zero-order valence-electron chi connectivity index (χ0n) is 13.5. The molecule has 0 bridgehead atoms. The Kier molecular flexibility index (Phi) is 5.50. The van der Waals surface area contributed by atoms with Gasteiger partial charge in [0.1, 0.15) is 5.76 Å². The zero-order valence-corrected chi connectivity index (χ0v) is 14.3. The Labute approximate surface area is 145 Å². The molecule has 1 aliphatic rings. The molecule has 0 aliphatic carbocycles. The molecular formula is C17H20ClN3O3. The van der Waals surface area contributed by atoms with Crippen LogP contribution in [0.5, 0.6) is 0 Å². The van der Waals surface area contributed by atoms with E-state index in [2.05, 4.69) is 15.4 Å². The van der Waals surface area contributed by atoms with E-state index in [-0.39, 0.29) is 12.0 Å². The maximum Gasteiger partial charge on any atom is 0.226 e. The molecule has 1 aromatic carbocycles. The Morgan fingerprint density at radius 3 is 2.92 bits per heavy atom. The molecule has 0 saturated carbocycles. The van der Waals surface area contributed by atoms with Gasteiger partial charge in [-0.1, -0.05) is 28.9 Å². The molecule has 1 amide bonds. The maximum absolute atomic E-state index is 12.0. The van der Waals surface area contributed by atoms with Gasteiger partial charge in [0.25, 0.3) is 0 Å². The number of hydrogen-bond donors (Lipinski definition) is 1. The molecule has 0 spiro atoms. The molecular weight excluding hydrogens is 330 g/mol. The quantitative estimate of drug-likeness (QED) is 0.898. The van der Waals surface area contributed by atoms with Gasteiger partial charge in [-0.2, -0.15) is 0 Å². The number of carbonyl (C=O) groups excluding carboxylic acids is 1. The lowest BCUT2D eigenvalue weighted by atomic mass is 10.1. The number of hydrogen-bond acceptors (Lipinski definition) is 5. The van der Waals surface area contributed by atoms with Gasteiger partial charge >= 0.3 is 0 Å². The number of anilines is 1. The third-order valence-electron chi connectivity index (χ3n) is 3.94. The van der Waals surface area contributed by atoms with Gasteiger partial charge in [0, 0.05) is 37.1 Å². The summed E-state index contributed by atoms with van der Waals surface area (Å²) in [6, 6.07) is 9.40. The topological polar surface area (TPSA) is 67.6 Å². The van der Waals surface area contributed by atoms with Gasteiger partial charge in [0.15, 0.2) is 5.82 Å². The van der Waals surface area contributed by atoms with Crippen molar-refractivity contribution < 1.29 is 14.1 Å². The summed E-state index contributed by atoms with van der Waals surface area (Å²) >= 11 is 5.92. The number of rotatable bonds is 5. The second-order valence-corrected chi connectivity index (χ2v) is 6.27.